The SMILES string of the molecule is CC(NC(=O)OC(C)(C)C)C(CN)N1CCSCC1C. The fraction of sp³-hybridized carbons (Fsp3) is 0.929. The lowest BCUT2D eigenvalue weighted by Crippen LogP contribution is -2.58. The van der Waals surface area contributed by atoms with Crippen LogP contribution >= 0.6 is 11.8 Å². The van der Waals surface area contributed by atoms with Crippen LogP contribution in [0.3, 0.4) is 0 Å². The highest BCUT2D eigenvalue weighted by Crippen LogP contribution is 2.20. The Labute approximate surface area is 127 Å². The van der Waals surface area contributed by atoms with Crippen molar-refractivity contribution in [1.82, 2.24) is 10.2 Å². The van der Waals surface area contributed by atoms with Gasteiger partial charge in [-0.15, -0.1) is 0 Å². The molecule has 1 heterocycles. The lowest BCUT2D eigenvalue weighted by molar-refractivity contribution is 0.0457. The van der Waals surface area contributed by atoms with Gasteiger partial charge in [0, 0.05) is 42.7 Å². The van der Waals surface area contributed by atoms with E-state index in [2.05, 4.69) is 17.1 Å². The molecule has 1 amide bonds. The van der Waals surface area contributed by atoms with Gasteiger partial charge in [0.2, 0.25) is 0 Å². The van der Waals surface area contributed by atoms with Crippen molar-refractivity contribution in [3.05, 3.63) is 0 Å². The van der Waals surface area contributed by atoms with E-state index in [0.717, 1.165) is 18.1 Å². The fourth-order valence-corrected chi connectivity index (χ4v) is 3.49. The van der Waals surface area contributed by atoms with E-state index in [4.69, 9.17) is 10.5 Å². The molecular formula is C14H29N3O2S. The van der Waals surface area contributed by atoms with Crippen molar-refractivity contribution in [2.75, 3.05) is 24.6 Å². The minimum absolute atomic E-state index is 0.0274. The van der Waals surface area contributed by atoms with E-state index in [-0.39, 0.29) is 18.2 Å². The van der Waals surface area contributed by atoms with E-state index in [0.29, 0.717) is 12.6 Å². The third-order valence-corrected chi connectivity index (χ3v) is 4.60. The summed E-state index contributed by atoms with van der Waals surface area (Å²) >= 11 is 1.97. The van der Waals surface area contributed by atoms with Crippen LogP contribution in [0.25, 0.3) is 0 Å². The van der Waals surface area contributed by atoms with Crippen molar-refractivity contribution < 1.29 is 9.53 Å². The number of carbonyl (C=O) groups excluding carboxylic acids is 1. The number of thioether (sulfide) groups is 1. The van der Waals surface area contributed by atoms with Crippen LogP contribution in [-0.2, 0) is 4.74 Å². The van der Waals surface area contributed by atoms with Crippen molar-refractivity contribution in [2.24, 2.45) is 5.73 Å². The number of amides is 1. The highest BCUT2D eigenvalue weighted by molar-refractivity contribution is 7.99. The van der Waals surface area contributed by atoms with E-state index in [1.807, 2.05) is 39.5 Å². The van der Waals surface area contributed by atoms with Crippen LogP contribution in [-0.4, -0.2) is 59.3 Å². The molecule has 0 bridgehead atoms. The number of ether oxygens (including phenoxy) is 1. The molecule has 0 aromatic heterocycles. The number of carbonyl (C=O) groups is 1. The Kier molecular flexibility index (Phi) is 6.61. The molecule has 0 spiro atoms. The van der Waals surface area contributed by atoms with Gasteiger partial charge in [0.25, 0.3) is 0 Å². The van der Waals surface area contributed by atoms with E-state index >= 15 is 0 Å². The molecule has 1 aliphatic heterocycles. The number of hydrogen-bond acceptors (Lipinski definition) is 5. The van der Waals surface area contributed by atoms with Gasteiger partial charge in [-0.05, 0) is 34.6 Å². The maximum absolute atomic E-state index is 11.9. The van der Waals surface area contributed by atoms with Crippen LogP contribution in [0.15, 0.2) is 0 Å². The first-order valence-electron chi connectivity index (χ1n) is 7.27. The lowest BCUT2D eigenvalue weighted by atomic mass is 10.1. The molecule has 118 valence electrons. The molecule has 6 heteroatoms. The van der Waals surface area contributed by atoms with Crippen molar-refractivity contribution in [3.8, 4) is 0 Å². The first kappa shape index (κ1) is 17.6. The van der Waals surface area contributed by atoms with Gasteiger partial charge in [-0.1, -0.05) is 0 Å². The molecule has 0 aliphatic carbocycles. The predicted molar refractivity (Wildman–Crippen MR) is 85.2 cm³/mol. The first-order chi connectivity index (χ1) is 9.24. The predicted octanol–water partition coefficient (Wildman–Crippen LogP) is 1.66. The van der Waals surface area contributed by atoms with Gasteiger partial charge in [0.05, 0.1) is 0 Å². The highest BCUT2D eigenvalue weighted by atomic mass is 32.2. The van der Waals surface area contributed by atoms with Gasteiger partial charge in [0.1, 0.15) is 5.60 Å². The minimum atomic E-state index is -0.475. The molecule has 3 N–H and O–H groups in total. The summed E-state index contributed by atoms with van der Waals surface area (Å²) in [7, 11) is 0. The van der Waals surface area contributed by atoms with Gasteiger partial charge >= 0.3 is 6.09 Å². The van der Waals surface area contributed by atoms with Crippen LogP contribution in [0.2, 0.25) is 0 Å². The third-order valence-electron chi connectivity index (χ3n) is 3.41. The molecular weight excluding hydrogens is 274 g/mol. The molecule has 1 aliphatic rings. The summed E-state index contributed by atoms with van der Waals surface area (Å²) in [5, 5.41) is 2.92. The zero-order chi connectivity index (χ0) is 15.3. The van der Waals surface area contributed by atoms with Crippen molar-refractivity contribution in [3.63, 3.8) is 0 Å². The fourth-order valence-electron chi connectivity index (χ4n) is 2.45. The smallest absolute Gasteiger partial charge is 0.407 e. The molecule has 3 unspecified atom stereocenters. The van der Waals surface area contributed by atoms with Crippen LogP contribution in [0.5, 0.6) is 0 Å². The van der Waals surface area contributed by atoms with Crippen molar-refractivity contribution in [1.29, 1.82) is 0 Å². The van der Waals surface area contributed by atoms with Gasteiger partial charge < -0.3 is 15.8 Å². The first-order valence-corrected chi connectivity index (χ1v) is 8.43. The van der Waals surface area contributed by atoms with Gasteiger partial charge in [0.15, 0.2) is 0 Å². The Morgan fingerprint density at radius 2 is 2.20 bits per heavy atom. The number of alkyl carbamates (subject to hydrolysis) is 1. The van der Waals surface area contributed by atoms with Crippen molar-refractivity contribution >= 4 is 17.9 Å². The largest absolute Gasteiger partial charge is 0.444 e. The molecule has 20 heavy (non-hydrogen) atoms. The van der Waals surface area contributed by atoms with Crippen molar-refractivity contribution in [2.45, 2.75) is 58.3 Å². The molecule has 1 rings (SSSR count). The highest BCUT2D eigenvalue weighted by Gasteiger charge is 2.30. The van der Waals surface area contributed by atoms with E-state index in [9.17, 15) is 4.79 Å². The number of rotatable bonds is 4. The van der Waals surface area contributed by atoms with E-state index < -0.39 is 5.60 Å². The second-order valence-electron chi connectivity index (χ2n) is 6.40. The molecule has 0 radical (unpaired) electrons. The minimum Gasteiger partial charge on any atom is -0.444 e. The second kappa shape index (κ2) is 7.52. The maximum atomic E-state index is 11.9. The summed E-state index contributed by atoms with van der Waals surface area (Å²) in [4.78, 5) is 14.3. The molecule has 1 saturated heterocycles. The average Bonchev–Trinajstić information content (AvgIpc) is 2.29. The quantitative estimate of drug-likeness (QED) is 0.827. The van der Waals surface area contributed by atoms with E-state index in [1.54, 1.807) is 0 Å². The van der Waals surface area contributed by atoms with Crippen LogP contribution < -0.4 is 11.1 Å². The molecule has 3 atom stereocenters. The Hall–Kier alpha value is -0.460. The summed E-state index contributed by atoms with van der Waals surface area (Å²) in [5.41, 5.74) is 5.45. The van der Waals surface area contributed by atoms with Crippen LogP contribution in [0.1, 0.15) is 34.6 Å². The second-order valence-corrected chi connectivity index (χ2v) is 7.55. The van der Waals surface area contributed by atoms with Gasteiger partial charge in [-0.3, -0.25) is 4.90 Å². The Bertz CT molecular complexity index is 320. The Balaban J connectivity index is 2.58. The molecule has 0 aromatic carbocycles. The average molecular weight is 303 g/mol. The monoisotopic (exact) mass is 303 g/mol. The standard InChI is InChI=1S/C14H29N3O2S/c1-10-9-20-7-6-17(10)12(8-15)11(2)16-13(18)19-14(3,4)5/h10-12H,6-9,15H2,1-5H3,(H,16,18). The number of nitrogens with two attached hydrogens (primary N) is 1. The van der Waals surface area contributed by atoms with Gasteiger partial charge in [-0.25, -0.2) is 4.79 Å². The zero-order valence-electron chi connectivity index (χ0n) is 13.3. The molecule has 5 nitrogen and oxygen atoms in total. The number of hydrogen-bond donors (Lipinski definition) is 2. The Morgan fingerprint density at radius 1 is 1.55 bits per heavy atom. The lowest BCUT2D eigenvalue weighted by Gasteiger charge is -2.41. The third kappa shape index (κ3) is 5.50. The topological polar surface area (TPSA) is 67.6 Å². The van der Waals surface area contributed by atoms with E-state index in [1.165, 1.54) is 0 Å². The molecule has 0 aromatic rings. The normalized spacial score (nSPS) is 24.0. The van der Waals surface area contributed by atoms with Crippen LogP contribution in [0, 0.1) is 0 Å². The maximum Gasteiger partial charge on any atom is 0.407 e. The summed E-state index contributed by atoms with van der Waals surface area (Å²) in [6.45, 7) is 11.4. The summed E-state index contributed by atoms with van der Waals surface area (Å²) in [6.07, 6.45) is -0.373. The summed E-state index contributed by atoms with van der Waals surface area (Å²) < 4.78 is 5.30. The van der Waals surface area contributed by atoms with Crippen LogP contribution in [0.4, 0.5) is 4.79 Å². The molecule has 0 saturated carbocycles. The summed E-state index contributed by atoms with van der Waals surface area (Å²) in [6, 6.07) is 0.615. The van der Waals surface area contributed by atoms with Gasteiger partial charge in [-0.2, -0.15) is 11.8 Å². The number of nitrogens with zero attached hydrogens (tertiary/aromatic N) is 1. The molecule has 1 fully saturated rings. The summed E-state index contributed by atoms with van der Waals surface area (Å²) in [5.74, 6) is 2.25. The number of nitrogens with one attached hydrogen (secondary N) is 1. The zero-order valence-corrected chi connectivity index (χ0v) is 14.1. The Morgan fingerprint density at radius 3 is 2.70 bits per heavy atom.